The fourth-order valence-electron chi connectivity index (χ4n) is 1.85. The molecule has 8 nitrogen and oxygen atoms in total. The van der Waals surface area contributed by atoms with E-state index in [0.29, 0.717) is 17.9 Å². The van der Waals surface area contributed by atoms with E-state index in [0.717, 1.165) is 5.56 Å². The van der Waals surface area contributed by atoms with Crippen molar-refractivity contribution in [1.29, 1.82) is 0 Å². The van der Waals surface area contributed by atoms with Crippen LogP contribution in [0.3, 0.4) is 0 Å². The zero-order chi connectivity index (χ0) is 14.0. The molecule has 100 valence electrons. The molecule has 0 aliphatic rings. The van der Waals surface area contributed by atoms with Gasteiger partial charge in [-0.1, -0.05) is 12.1 Å². The van der Waals surface area contributed by atoms with Gasteiger partial charge in [0.2, 0.25) is 0 Å². The molecule has 0 saturated heterocycles. The summed E-state index contributed by atoms with van der Waals surface area (Å²) >= 11 is 0. The normalized spacial score (nSPS) is 12.4. The maximum absolute atomic E-state index is 10.9. The molecule has 1 aromatic heterocycles. The average molecular weight is 262 g/mol. The summed E-state index contributed by atoms with van der Waals surface area (Å²) in [6.07, 6.45) is 0. The first-order chi connectivity index (χ1) is 9.00. The first-order valence-electron chi connectivity index (χ1n) is 5.75. The SMILES string of the molecule is Cc1c(Cn2nnnc2C(C)N)cccc1[N+](=O)[O-]. The number of nitrogens with zero attached hydrogens (tertiary/aromatic N) is 5. The van der Waals surface area contributed by atoms with Crippen molar-refractivity contribution in [3.63, 3.8) is 0 Å². The zero-order valence-electron chi connectivity index (χ0n) is 10.6. The van der Waals surface area contributed by atoms with Gasteiger partial charge in [-0.2, -0.15) is 0 Å². The molecular formula is C11H14N6O2. The van der Waals surface area contributed by atoms with Crippen LogP contribution in [0.4, 0.5) is 5.69 Å². The maximum Gasteiger partial charge on any atom is 0.272 e. The third-order valence-electron chi connectivity index (χ3n) is 2.90. The third kappa shape index (κ3) is 2.58. The Labute approximate surface area is 109 Å². The van der Waals surface area contributed by atoms with Gasteiger partial charge >= 0.3 is 0 Å². The van der Waals surface area contributed by atoms with Crippen molar-refractivity contribution in [3.8, 4) is 0 Å². The quantitative estimate of drug-likeness (QED) is 0.648. The van der Waals surface area contributed by atoms with Gasteiger partial charge in [-0.05, 0) is 29.8 Å². The molecule has 0 radical (unpaired) electrons. The van der Waals surface area contributed by atoms with E-state index in [1.54, 1.807) is 24.6 Å². The number of nitro groups is 1. The molecule has 1 unspecified atom stereocenters. The highest BCUT2D eigenvalue weighted by Gasteiger charge is 2.16. The lowest BCUT2D eigenvalue weighted by Crippen LogP contribution is -2.15. The van der Waals surface area contributed by atoms with Crippen molar-refractivity contribution in [3.05, 3.63) is 45.3 Å². The van der Waals surface area contributed by atoms with E-state index in [2.05, 4.69) is 15.5 Å². The first kappa shape index (κ1) is 13.1. The van der Waals surface area contributed by atoms with Gasteiger partial charge in [0.25, 0.3) is 5.69 Å². The number of nitro benzene ring substituents is 1. The Morgan fingerprint density at radius 2 is 2.26 bits per heavy atom. The van der Waals surface area contributed by atoms with E-state index >= 15 is 0 Å². The number of hydrogen-bond donors (Lipinski definition) is 1. The van der Waals surface area contributed by atoms with Gasteiger partial charge in [0.1, 0.15) is 0 Å². The summed E-state index contributed by atoms with van der Waals surface area (Å²) in [5.74, 6) is 0.547. The van der Waals surface area contributed by atoms with Crippen LogP contribution in [0.2, 0.25) is 0 Å². The molecule has 1 heterocycles. The highest BCUT2D eigenvalue weighted by molar-refractivity contribution is 5.44. The largest absolute Gasteiger partial charge is 0.322 e. The second-order valence-electron chi connectivity index (χ2n) is 4.30. The molecule has 0 aliphatic carbocycles. The minimum Gasteiger partial charge on any atom is -0.322 e. The summed E-state index contributed by atoms with van der Waals surface area (Å²) in [6, 6.07) is 4.64. The third-order valence-corrected chi connectivity index (χ3v) is 2.90. The van der Waals surface area contributed by atoms with Gasteiger partial charge in [0, 0.05) is 11.6 Å². The molecule has 0 bridgehead atoms. The molecule has 0 spiro atoms. The zero-order valence-corrected chi connectivity index (χ0v) is 10.6. The Morgan fingerprint density at radius 1 is 1.53 bits per heavy atom. The number of benzene rings is 1. The monoisotopic (exact) mass is 262 g/mol. The summed E-state index contributed by atoms with van der Waals surface area (Å²) in [5, 5.41) is 22.2. The van der Waals surface area contributed by atoms with Gasteiger partial charge in [-0.15, -0.1) is 5.10 Å². The van der Waals surface area contributed by atoms with Crippen LogP contribution in [0.25, 0.3) is 0 Å². The second kappa shape index (κ2) is 5.11. The van der Waals surface area contributed by atoms with Gasteiger partial charge in [-0.25, -0.2) is 4.68 Å². The molecule has 0 fully saturated rings. The topological polar surface area (TPSA) is 113 Å². The Hall–Kier alpha value is -2.35. The molecule has 0 saturated carbocycles. The molecule has 2 N–H and O–H groups in total. The standard InChI is InChI=1S/C11H14N6O2/c1-7-9(4-3-5-10(7)17(18)19)6-16-11(8(2)12)13-14-15-16/h3-5,8H,6,12H2,1-2H3. The van der Waals surface area contributed by atoms with Gasteiger partial charge in [0.05, 0.1) is 17.5 Å². The lowest BCUT2D eigenvalue weighted by molar-refractivity contribution is -0.385. The Balaban J connectivity index is 2.36. The Morgan fingerprint density at radius 3 is 2.89 bits per heavy atom. The van der Waals surface area contributed by atoms with E-state index < -0.39 is 4.92 Å². The van der Waals surface area contributed by atoms with Crippen LogP contribution in [0.15, 0.2) is 18.2 Å². The van der Waals surface area contributed by atoms with Crippen LogP contribution < -0.4 is 5.73 Å². The van der Waals surface area contributed by atoms with Crippen LogP contribution in [0.5, 0.6) is 0 Å². The summed E-state index contributed by atoms with van der Waals surface area (Å²) < 4.78 is 1.55. The predicted octanol–water partition coefficient (Wildman–Crippen LogP) is 0.958. The molecular weight excluding hydrogens is 248 g/mol. The minimum absolute atomic E-state index is 0.0907. The molecule has 1 aromatic carbocycles. The van der Waals surface area contributed by atoms with Crippen molar-refractivity contribution in [2.75, 3.05) is 0 Å². The molecule has 19 heavy (non-hydrogen) atoms. The van der Waals surface area contributed by atoms with Crippen molar-refractivity contribution < 1.29 is 4.92 Å². The minimum atomic E-state index is -0.398. The van der Waals surface area contributed by atoms with Crippen LogP contribution in [0.1, 0.15) is 29.9 Å². The fourth-order valence-corrected chi connectivity index (χ4v) is 1.85. The highest BCUT2D eigenvalue weighted by Crippen LogP contribution is 2.22. The van der Waals surface area contributed by atoms with Crippen molar-refractivity contribution in [2.24, 2.45) is 5.73 Å². The smallest absolute Gasteiger partial charge is 0.272 e. The summed E-state index contributed by atoms with van der Waals surface area (Å²) in [5.41, 5.74) is 7.25. The lowest BCUT2D eigenvalue weighted by atomic mass is 10.1. The summed E-state index contributed by atoms with van der Waals surface area (Å²) in [7, 11) is 0. The van der Waals surface area contributed by atoms with Crippen LogP contribution in [-0.4, -0.2) is 25.1 Å². The van der Waals surface area contributed by atoms with Gasteiger partial charge < -0.3 is 5.73 Å². The van der Waals surface area contributed by atoms with Crippen LogP contribution in [0, 0.1) is 17.0 Å². The Kier molecular flexibility index (Phi) is 3.52. The number of rotatable bonds is 4. The summed E-state index contributed by atoms with van der Waals surface area (Å²) in [4.78, 5) is 10.5. The number of tetrazole rings is 1. The van der Waals surface area contributed by atoms with E-state index in [1.807, 2.05) is 6.07 Å². The molecule has 8 heteroatoms. The van der Waals surface area contributed by atoms with E-state index in [9.17, 15) is 10.1 Å². The van der Waals surface area contributed by atoms with E-state index in [-0.39, 0.29) is 11.7 Å². The maximum atomic E-state index is 10.9. The summed E-state index contributed by atoms with van der Waals surface area (Å²) in [6.45, 7) is 3.85. The van der Waals surface area contributed by atoms with Gasteiger partial charge in [-0.3, -0.25) is 10.1 Å². The first-order valence-corrected chi connectivity index (χ1v) is 5.75. The van der Waals surface area contributed by atoms with E-state index in [1.165, 1.54) is 6.07 Å². The molecule has 2 rings (SSSR count). The second-order valence-corrected chi connectivity index (χ2v) is 4.30. The molecule has 0 amide bonds. The lowest BCUT2D eigenvalue weighted by Gasteiger charge is -2.09. The fraction of sp³-hybridized carbons (Fsp3) is 0.364. The molecule has 1 atom stereocenters. The average Bonchev–Trinajstić information content (AvgIpc) is 2.79. The molecule has 0 aliphatic heterocycles. The predicted molar refractivity (Wildman–Crippen MR) is 67.4 cm³/mol. The Bertz CT molecular complexity index is 607. The van der Waals surface area contributed by atoms with E-state index in [4.69, 9.17) is 5.73 Å². The van der Waals surface area contributed by atoms with Gasteiger partial charge in [0.15, 0.2) is 5.82 Å². The molecule has 2 aromatic rings. The van der Waals surface area contributed by atoms with Crippen LogP contribution in [-0.2, 0) is 6.54 Å². The van der Waals surface area contributed by atoms with Crippen molar-refractivity contribution in [2.45, 2.75) is 26.4 Å². The van der Waals surface area contributed by atoms with Crippen molar-refractivity contribution >= 4 is 5.69 Å². The number of nitrogens with two attached hydrogens (primary N) is 1. The number of aromatic nitrogens is 4. The highest BCUT2D eigenvalue weighted by atomic mass is 16.6. The van der Waals surface area contributed by atoms with Crippen LogP contribution >= 0.6 is 0 Å². The van der Waals surface area contributed by atoms with Crippen molar-refractivity contribution in [1.82, 2.24) is 20.2 Å². The number of hydrogen-bond acceptors (Lipinski definition) is 6.